The summed E-state index contributed by atoms with van der Waals surface area (Å²) in [6, 6.07) is 12.1. The third-order valence-corrected chi connectivity index (χ3v) is 6.06. The number of hydrogen-bond donors (Lipinski definition) is 1. The molecule has 1 aliphatic heterocycles. The number of unbranched alkanes of at least 4 members (excludes halogenated alkanes) is 1. The van der Waals surface area contributed by atoms with Gasteiger partial charge >= 0.3 is 0 Å². The maximum atomic E-state index is 13.2. The molecule has 34 heavy (non-hydrogen) atoms. The quantitative estimate of drug-likeness (QED) is 0.271. The summed E-state index contributed by atoms with van der Waals surface area (Å²) in [4.78, 5) is 27.8. The molecule has 6 heteroatoms. The lowest BCUT2D eigenvalue weighted by atomic mass is 9.93. The Morgan fingerprint density at radius 1 is 1.09 bits per heavy atom. The van der Waals surface area contributed by atoms with E-state index in [4.69, 9.17) is 9.47 Å². The number of methoxy groups -OCH3 is 1. The lowest BCUT2D eigenvalue weighted by Gasteiger charge is -2.25. The van der Waals surface area contributed by atoms with Gasteiger partial charge in [-0.05, 0) is 60.2 Å². The van der Waals surface area contributed by atoms with E-state index in [9.17, 15) is 14.7 Å². The number of benzene rings is 2. The molecule has 2 aromatic rings. The molecule has 0 bridgehead atoms. The van der Waals surface area contributed by atoms with E-state index >= 15 is 0 Å². The lowest BCUT2D eigenvalue weighted by molar-refractivity contribution is -0.139. The highest BCUT2D eigenvalue weighted by Gasteiger charge is 2.45. The summed E-state index contributed by atoms with van der Waals surface area (Å²) in [6.45, 7) is 9.14. The summed E-state index contributed by atoms with van der Waals surface area (Å²) >= 11 is 0. The van der Waals surface area contributed by atoms with Crippen molar-refractivity contribution in [1.82, 2.24) is 4.90 Å². The lowest BCUT2D eigenvalue weighted by Crippen LogP contribution is -2.30. The van der Waals surface area contributed by atoms with E-state index in [0.717, 1.165) is 30.4 Å². The van der Waals surface area contributed by atoms with Crippen LogP contribution in [-0.2, 0) is 9.59 Å². The van der Waals surface area contributed by atoms with Crippen LogP contribution in [0.15, 0.2) is 48.0 Å². The third kappa shape index (κ3) is 5.11. The number of rotatable bonds is 10. The molecule has 0 radical (unpaired) electrons. The molecule has 1 saturated heterocycles. The Kier molecular flexibility index (Phi) is 8.37. The van der Waals surface area contributed by atoms with Gasteiger partial charge in [-0.3, -0.25) is 9.59 Å². The Bertz CT molecular complexity index is 1070. The van der Waals surface area contributed by atoms with Crippen LogP contribution in [0.4, 0.5) is 0 Å². The smallest absolute Gasteiger partial charge is 0.295 e. The first-order valence-corrected chi connectivity index (χ1v) is 12.0. The molecule has 1 heterocycles. The van der Waals surface area contributed by atoms with Crippen LogP contribution in [0.25, 0.3) is 5.76 Å². The van der Waals surface area contributed by atoms with Crippen LogP contribution in [0, 0.1) is 0 Å². The van der Waals surface area contributed by atoms with Gasteiger partial charge < -0.3 is 19.5 Å². The predicted molar refractivity (Wildman–Crippen MR) is 133 cm³/mol. The Balaban J connectivity index is 2.16. The molecule has 6 nitrogen and oxygen atoms in total. The van der Waals surface area contributed by atoms with Crippen LogP contribution < -0.4 is 9.47 Å². The number of amides is 1. The fourth-order valence-electron chi connectivity index (χ4n) is 4.27. The van der Waals surface area contributed by atoms with E-state index in [1.54, 1.807) is 24.1 Å². The number of nitrogens with zero attached hydrogens (tertiary/aromatic N) is 1. The molecule has 1 atom stereocenters. The van der Waals surface area contributed by atoms with Crippen molar-refractivity contribution in [2.24, 2.45) is 0 Å². The maximum Gasteiger partial charge on any atom is 0.295 e. The maximum absolute atomic E-state index is 13.2. The fraction of sp³-hybridized carbons (Fsp3) is 0.429. The summed E-state index contributed by atoms with van der Waals surface area (Å²) < 4.78 is 11.3. The van der Waals surface area contributed by atoms with Crippen molar-refractivity contribution < 1.29 is 24.2 Å². The number of ether oxygens (including phenoxy) is 2. The average Bonchev–Trinajstić information content (AvgIpc) is 3.10. The molecule has 0 saturated carbocycles. The molecular formula is C28H35NO5. The Hall–Kier alpha value is -3.28. The predicted octanol–water partition coefficient (Wildman–Crippen LogP) is 5.83. The molecule has 2 aromatic carbocycles. The minimum absolute atomic E-state index is 0.105. The number of likely N-dealkylation sites (tertiary alicyclic amines) is 1. The van der Waals surface area contributed by atoms with Crippen LogP contribution in [0.1, 0.15) is 75.6 Å². The van der Waals surface area contributed by atoms with Crippen LogP contribution in [0.5, 0.6) is 11.5 Å². The second-order valence-corrected chi connectivity index (χ2v) is 8.88. The Morgan fingerprint density at radius 2 is 1.85 bits per heavy atom. The molecule has 0 spiro atoms. The number of aliphatic hydroxyl groups excluding tert-OH is 1. The summed E-state index contributed by atoms with van der Waals surface area (Å²) in [5, 5.41) is 11.4. The minimum Gasteiger partial charge on any atom is -0.507 e. The summed E-state index contributed by atoms with van der Waals surface area (Å²) in [5.74, 6) is 0.113. The van der Waals surface area contributed by atoms with Crippen molar-refractivity contribution in [3.05, 3.63) is 64.7 Å². The fourth-order valence-corrected chi connectivity index (χ4v) is 4.27. The molecule has 1 N–H and O–H groups in total. The van der Waals surface area contributed by atoms with Crippen molar-refractivity contribution in [3.63, 3.8) is 0 Å². The van der Waals surface area contributed by atoms with Gasteiger partial charge in [-0.1, -0.05) is 46.2 Å². The zero-order valence-corrected chi connectivity index (χ0v) is 20.8. The van der Waals surface area contributed by atoms with Crippen LogP contribution in [0.2, 0.25) is 0 Å². The van der Waals surface area contributed by atoms with Crippen LogP contribution in [0.3, 0.4) is 0 Å². The second kappa shape index (κ2) is 11.2. The molecule has 0 aliphatic carbocycles. The Morgan fingerprint density at radius 3 is 2.50 bits per heavy atom. The largest absolute Gasteiger partial charge is 0.507 e. The second-order valence-electron chi connectivity index (χ2n) is 8.88. The van der Waals surface area contributed by atoms with Gasteiger partial charge in [0.2, 0.25) is 0 Å². The highest BCUT2D eigenvalue weighted by Crippen LogP contribution is 2.41. The topological polar surface area (TPSA) is 76.1 Å². The highest BCUT2D eigenvalue weighted by molar-refractivity contribution is 6.46. The van der Waals surface area contributed by atoms with Gasteiger partial charge in [0.1, 0.15) is 17.3 Å². The molecule has 1 amide bonds. The molecule has 182 valence electrons. The minimum atomic E-state index is -0.679. The number of ketones is 1. The number of Topliss-reactive ketones (excluding diaryl/α,β-unsaturated/α-hetero) is 1. The number of carbonyl (C=O) groups excluding carboxylic acids is 2. The molecule has 0 aromatic heterocycles. The van der Waals surface area contributed by atoms with Gasteiger partial charge in [0, 0.05) is 12.1 Å². The van der Waals surface area contributed by atoms with Crippen LogP contribution in [-0.4, -0.2) is 42.0 Å². The first-order chi connectivity index (χ1) is 16.3. The van der Waals surface area contributed by atoms with Crippen molar-refractivity contribution in [1.29, 1.82) is 0 Å². The van der Waals surface area contributed by atoms with Crippen molar-refractivity contribution in [2.45, 2.75) is 58.9 Å². The molecular weight excluding hydrogens is 430 g/mol. The van der Waals surface area contributed by atoms with Gasteiger partial charge in [-0.25, -0.2) is 0 Å². The highest BCUT2D eigenvalue weighted by atomic mass is 16.5. The summed E-state index contributed by atoms with van der Waals surface area (Å²) in [7, 11) is 1.60. The number of hydrogen-bond acceptors (Lipinski definition) is 5. The van der Waals surface area contributed by atoms with E-state index in [2.05, 4.69) is 0 Å². The molecule has 1 fully saturated rings. The van der Waals surface area contributed by atoms with E-state index in [1.807, 2.05) is 58.0 Å². The number of aliphatic hydroxyl groups is 1. The van der Waals surface area contributed by atoms with E-state index < -0.39 is 17.7 Å². The van der Waals surface area contributed by atoms with E-state index in [0.29, 0.717) is 30.2 Å². The van der Waals surface area contributed by atoms with Crippen molar-refractivity contribution in [2.75, 3.05) is 20.3 Å². The van der Waals surface area contributed by atoms with Gasteiger partial charge in [0.05, 0.1) is 25.3 Å². The van der Waals surface area contributed by atoms with Gasteiger partial charge in [0.15, 0.2) is 0 Å². The first kappa shape index (κ1) is 25.3. The van der Waals surface area contributed by atoms with Crippen molar-refractivity contribution >= 4 is 17.4 Å². The van der Waals surface area contributed by atoms with Gasteiger partial charge in [-0.15, -0.1) is 0 Å². The van der Waals surface area contributed by atoms with Crippen LogP contribution >= 0.6 is 0 Å². The zero-order valence-electron chi connectivity index (χ0n) is 20.8. The van der Waals surface area contributed by atoms with E-state index in [1.165, 1.54) is 0 Å². The number of carbonyl (C=O) groups is 2. The molecule has 1 unspecified atom stereocenters. The van der Waals surface area contributed by atoms with Gasteiger partial charge in [0.25, 0.3) is 11.7 Å². The standard InChI is InChI=1S/C28H35NO5/c1-6-8-14-29-25(19-10-9-11-21(16-19)34-15-7-2)24(27(31)28(29)32)26(30)20-12-13-23(33-5)22(17-20)18(3)4/h9-13,16-18,25,30H,6-8,14-15H2,1-5H3/b26-24+. The monoisotopic (exact) mass is 465 g/mol. The first-order valence-electron chi connectivity index (χ1n) is 12.0. The SMILES string of the molecule is CCCCN1C(=O)C(=O)/C(=C(/O)c2ccc(OC)c(C(C)C)c2)C1c1cccc(OCCC)c1. The van der Waals surface area contributed by atoms with Gasteiger partial charge in [-0.2, -0.15) is 0 Å². The molecule has 3 rings (SSSR count). The zero-order chi connectivity index (χ0) is 24.8. The third-order valence-electron chi connectivity index (χ3n) is 6.06. The summed E-state index contributed by atoms with van der Waals surface area (Å²) in [5.41, 5.74) is 2.25. The normalized spacial score (nSPS) is 17.5. The van der Waals surface area contributed by atoms with E-state index in [-0.39, 0.29) is 17.3 Å². The average molecular weight is 466 g/mol. The molecule has 1 aliphatic rings. The summed E-state index contributed by atoms with van der Waals surface area (Å²) in [6.07, 6.45) is 2.51. The Labute approximate surface area is 202 Å². The van der Waals surface area contributed by atoms with Crippen molar-refractivity contribution in [3.8, 4) is 11.5 Å².